The van der Waals surface area contributed by atoms with Crippen LogP contribution in [0.15, 0.2) is 29.4 Å². The van der Waals surface area contributed by atoms with Gasteiger partial charge in [-0.3, -0.25) is 0 Å². The van der Waals surface area contributed by atoms with Crippen molar-refractivity contribution in [2.45, 2.75) is 18.9 Å². The van der Waals surface area contributed by atoms with Crippen LogP contribution >= 0.6 is 0 Å². The summed E-state index contributed by atoms with van der Waals surface area (Å²) in [7, 11) is 0. The van der Waals surface area contributed by atoms with Crippen LogP contribution < -0.4 is 10.5 Å². The maximum absolute atomic E-state index is 8.55. The number of hydrogen-bond donors (Lipinski definition) is 2. The average Bonchev–Trinajstić information content (AvgIpc) is 3.00. The zero-order valence-corrected chi connectivity index (χ0v) is 11.3. The normalized spacial score (nSPS) is 19.2. The van der Waals surface area contributed by atoms with Crippen LogP contribution in [-0.2, 0) is 9.47 Å². The highest BCUT2D eigenvalue weighted by Gasteiger charge is 2.14. The Labute approximate surface area is 118 Å². The maximum atomic E-state index is 8.55. The Morgan fingerprint density at radius 3 is 2.80 bits per heavy atom. The number of hydrogen-bond acceptors (Lipinski definition) is 5. The summed E-state index contributed by atoms with van der Waals surface area (Å²) in [5.74, 6) is 0.802. The van der Waals surface area contributed by atoms with Crippen LogP contribution in [0, 0.1) is 0 Å². The highest BCUT2D eigenvalue weighted by atomic mass is 16.5. The monoisotopic (exact) mass is 280 g/mol. The molecule has 1 aliphatic heterocycles. The molecular weight excluding hydrogens is 260 g/mol. The Morgan fingerprint density at radius 1 is 1.35 bits per heavy atom. The van der Waals surface area contributed by atoms with Crippen molar-refractivity contribution in [3.05, 3.63) is 29.8 Å². The van der Waals surface area contributed by atoms with Gasteiger partial charge in [-0.1, -0.05) is 5.16 Å². The summed E-state index contributed by atoms with van der Waals surface area (Å²) >= 11 is 0. The van der Waals surface area contributed by atoms with Crippen molar-refractivity contribution in [3.63, 3.8) is 0 Å². The highest BCUT2D eigenvalue weighted by Crippen LogP contribution is 2.13. The smallest absolute Gasteiger partial charge is 0.170 e. The van der Waals surface area contributed by atoms with Crippen molar-refractivity contribution >= 4 is 5.84 Å². The first-order valence-electron chi connectivity index (χ1n) is 6.69. The van der Waals surface area contributed by atoms with Crippen LogP contribution in [0.2, 0.25) is 0 Å². The minimum Gasteiger partial charge on any atom is -0.491 e. The molecule has 3 N–H and O–H groups in total. The SMILES string of the molecule is NC(=NO)c1ccc(OCCOCC2CCCO2)cc1. The molecule has 110 valence electrons. The zero-order chi connectivity index (χ0) is 14.2. The van der Waals surface area contributed by atoms with Crippen molar-refractivity contribution in [2.75, 3.05) is 26.4 Å². The molecule has 0 radical (unpaired) electrons. The molecule has 1 unspecified atom stereocenters. The quantitative estimate of drug-likeness (QED) is 0.259. The van der Waals surface area contributed by atoms with Gasteiger partial charge in [-0.05, 0) is 37.1 Å². The van der Waals surface area contributed by atoms with Gasteiger partial charge in [0.05, 0.1) is 19.3 Å². The molecule has 1 heterocycles. The highest BCUT2D eigenvalue weighted by molar-refractivity contribution is 5.97. The van der Waals surface area contributed by atoms with E-state index >= 15 is 0 Å². The molecule has 0 amide bonds. The zero-order valence-electron chi connectivity index (χ0n) is 11.3. The number of benzene rings is 1. The van der Waals surface area contributed by atoms with Gasteiger partial charge in [0.15, 0.2) is 5.84 Å². The van der Waals surface area contributed by atoms with Gasteiger partial charge in [-0.2, -0.15) is 0 Å². The molecule has 0 aromatic heterocycles. The Morgan fingerprint density at radius 2 is 2.15 bits per heavy atom. The van der Waals surface area contributed by atoms with E-state index in [9.17, 15) is 0 Å². The van der Waals surface area contributed by atoms with Gasteiger partial charge in [0, 0.05) is 12.2 Å². The van der Waals surface area contributed by atoms with Crippen molar-refractivity contribution in [2.24, 2.45) is 10.9 Å². The van der Waals surface area contributed by atoms with Crippen LogP contribution in [-0.4, -0.2) is 43.6 Å². The van der Waals surface area contributed by atoms with Crippen molar-refractivity contribution in [1.29, 1.82) is 0 Å². The van der Waals surface area contributed by atoms with Gasteiger partial charge in [0.25, 0.3) is 0 Å². The first-order valence-corrected chi connectivity index (χ1v) is 6.69. The van der Waals surface area contributed by atoms with E-state index in [1.54, 1.807) is 24.3 Å². The van der Waals surface area contributed by atoms with Crippen molar-refractivity contribution in [1.82, 2.24) is 0 Å². The van der Waals surface area contributed by atoms with Gasteiger partial charge in [-0.25, -0.2) is 0 Å². The summed E-state index contributed by atoms with van der Waals surface area (Å²) in [6.45, 7) is 2.49. The minimum absolute atomic E-state index is 0.0800. The van der Waals surface area contributed by atoms with E-state index in [1.165, 1.54) is 0 Å². The molecule has 1 saturated heterocycles. The van der Waals surface area contributed by atoms with Gasteiger partial charge < -0.3 is 25.2 Å². The molecule has 20 heavy (non-hydrogen) atoms. The van der Waals surface area contributed by atoms with Crippen molar-refractivity contribution in [3.8, 4) is 5.75 Å². The van der Waals surface area contributed by atoms with Gasteiger partial charge in [0.2, 0.25) is 0 Å². The van der Waals surface area contributed by atoms with Crippen LogP contribution in [0.4, 0.5) is 0 Å². The van der Waals surface area contributed by atoms with E-state index in [1.807, 2.05) is 0 Å². The molecule has 1 fully saturated rings. The van der Waals surface area contributed by atoms with Crippen LogP contribution in [0.25, 0.3) is 0 Å². The predicted octanol–water partition coefficient (Wildman–Crippen LogP) is 1.36. The molecule has 2 rings (SSSR count). The third-order valence-corrected chi connectivity index (χ3v) is 3.08. The second-order valence-corrected chi connectivity index (χ2v) is 4.57. The molecule has 0 aliphatic carbocycles. The number of amidine groups is 1. The topological polar surface area (TPSA) is 86.3 Å². The largest absolute Gasteiger partial charge is 0.491 e. The van der Waals surface area contributed by atoms with Gasteiger partial charge >= 0.3 is 0 Å². The maximum Gasteiger partial charge on any atom is 0.170 e. The van der Waals surface area contributed by atoms with Gasteiger partial charge in [-0.15, -0.1) is 0 Å². The molecule has 6 nitrogen and oxygen atoms in total. The predicted molar refractivity (Wildman–Crippen MR) is 74.2 cm³/mol. The Balaban J connectivity index is 1.63. The van der Waals surface area contributed by atoms with Gasteiger partial charge in [0.1, 0.15) is 12.4 Å². The van der Waals surface area contributed by atoms with Crippen LogP contribution in [0.1, 0.15) is 18.4 Å². The number of oxime groups is 1. The molecule has 1 aromatic carbocycles. The summed E-state index contributed by atoms with van der Waals surface area (Å²) in [6, 6.07) is 7.01. The standard InChI is InChI=1S/C14H20N2O4/c15-14(16-17)11-3-5-12(6-4-11)20-9-8-18-10-13-2-1-7-19-13/h3-6,13,17H,1-2,7-10H2,(H2,15,16). The molecule has 1 aliphatic rings. The molecule has 0 bridgehead atoms. The van der Waals surface area contributed by atoms with Crippen LogP contribution in [0.3, 0.4) is 0 Å². The number of rotatable bonds is 7. The third-order valence-electron chi connectivity index (χ3n) is 3.08. The molecule has 1 aromatic rings. The van der Waals surface area contributed by atoms with E-state index in [4.69, 9.17) is 25.2 Å². The second-order valence-electron chi connectivity index (χ2n) is 4.57. The van der Waals surface area contributed by atoms with E-state index in [0.29, 0.717) is 25.4 Å². The second kappa shape index (κ2) is 7.72. The lowest BCUT2D eigenvalue weighted by Crippen LogP contribution is -2.17. The van der Waals surface area contributed by atoms with Crippen molar-refractivity contribution < 1.29 is 19.4 Å². The summed E-state index contributed by atoms with van der Waals surface area (Å²) in [5, 5.41) is 11.5. The third kappa shape index (κ3) is 4.40. The molecule has 0 saturated carbocycles. The fourth-order valence-corrected chi connectivity index (χ4v) is 1.99. The lowest BCUT2D eigenvalue weighted by atomic mass is 10.2. The minimum atomic E-state index is 0.0800. The summed E-state index contributed by atoms with van der Waals surface area (Å²) in [6.07, 6.45) is 2.45. The van der Waals surface area contributed by atoms with E-state index in [-0.39, 0.29) is 11.9 Å². The summed E-state index contributed by atoms with van der Waals surface area (Å²) in [5.41, 5.74) is 6.12. The average molecular weight is 280 g/mol. The van der Waals surface area contributed by atoms with E-state index in [2.05, 4.69) is 5.16 Å². The summed E-state index contributed by atoms with van der Waals surface area (Å²) in [4.78, 5) is 0. The van der Waals surface area contributed by atoms with Crippen LogP contribution in [0.5, 0.6) is 5.75 Å². The Kier molecular flexibility index (Phi) is 5.64. The fourth-order valence-electron chi connectivity index (χ4n) is 1.99. The fraction of sp³-hybridized carbons (Fsp3) is 0.500. The first kappa shape index (κ1) is 14.6. The molecule has 1 atom stereocenters. The van der Waals surface area contributed by atoms with E-state index in [0.717, 1.165) is 25.2 Å². The van der Waals surface area contributed by atoms with E-state index < -0.39 is 0 Å². The number of nitrogens with zero attached hydrogens (tertiary/aromatic N) is 1. The lowest BCUT2D eigenvalue weighted by molar-refractivity contribution is 0.00853. The summed E-state index contributed by atoms with van der Waals surface area (Å²) < 4.78 is 16.5. The molecular formula is C14H20N2O4. The molecule has 0 spiro atoms. The number of nitrogens with two attached hydrogens (primary N) is 1. The Bertz CT molecular complexity index is 427. The number of ether oxygens (including phenoxy) is 3. The Hall–Kier alpha value is -1.79. The lowest BCUT2D eigenvalue weighted by Gasteiger charge is -2.11. The molecule has 6 heteroatoms. The first-order chi connectivity index (χ1) is 9.79.